The molecule has 0 saturated carbocycles. The molecule has 9 nitrogen and oxygen atoms in total. The van der Waals surface area contributed by atoms with Gasteiger partial charge in [-0.25, -0.2) is 13.4 Å². The molecule has 168 valence electrons. The molecule has 0 radical (unpaired) electrons. The van der Waals surface area contributed by atoms with Gasteiger partial charge in [-0.3, -0.25) is 9.71 Å². The number of fused-ring (bicyclic) bond motifs is 1. The fourth-order valence-corrected chi connectivity index (χ4v) is 4.56. The number of thiocarbonyl (C=S) groups is 1. The summed E-state index contributed by atoms with van der Waals surface area (Å²) < 4.78 is 33.3. The van der Waals surface area contributed by atoms with E-state index in [4.69, 9.17) is 17.0 Å². The predicted molar refractivity (Wildman–Crippen MR) is 127 cm³/mol. The average Bonchev–Trinajstić information content (AvgIpc) is 2.80. The van der Waals surface area contributed by atoms with Gasteiger partial charge in [0.15, 0.2) is 10.9 Å². The largest absolute Gasteiger partial charge is 0.370 e. The van der Waals surface area contributed by atoms with Crippen molar-refractivity contribution in [1.29, 1.82) is 0 Å². The van der Waals surface area contributed by atoms with E-state index in [1.54, 1.807) is 18.2 Å². The molecule has 0 spiro atoms. The van der Waals surface area contributed by atoms with Gasteiger partial charge in [-0.05, 0) is 48.6 Å². The van der Waals surface area contributed by atoms with Crippen molar-refractivity contribution in [3.8, 4) is 0 Å². The molecule has 0 bridgehead atoms. The Kier molecular flexibility index (Phi) is 7.10. The van der Waals surface area contributed by atoms with Crippen LogP contribution in [0.4, 0.5) is 11.5 Å². The van der Waals surface area contributed by atoms with Crippen LogP contribution in [0.1, 0.15) is 0 Å². The maximum Gasteiger partial charge on any atom is 0.263 e. The van der Waals surface area contributed by atoms with E-state index in [1.165, 1.54) is 23.2 Å². The fourth-order valence-electron chi connectivity index (χ4n) is 3.36. The quantitative estimate of drug-likeness (QED) is 0.370. The standard InChI is InChI=1S/C21H24N6O3S2/c28-32(29,26-20-15-23-18-3-1-2-4-19(18)25-20)17-7-5-16(6-8-17)24-21(31)22-9-10-27-11-13-30-14-12-27/h1-8,15H,9-14H2,(H,25,26)(H2,22,24,31)/p+1. The lowest BCUT2D eigenvalue weighted by molar-refractivity contribution is -0.906. The molecule has 1 aliphatic rings. The molecular formula is C21H25N6O3S2+. The number of quaternary nitrogens is 1. The van der Waals surface area contributed by atoms with Crippen molar-refractivity contribution in [1.82, 2.24) is 15.3 Å². The summed E-state index contributed by atoms with van der Waals surface area (Å²) in [7, 11) is -3.80. The molecule has 1 saturated heterocycles. The van der Waals surface area contributed by atoms with Crippen molar-refractivity contribution >= 4 is 49.9 Å². The minimum atomic E-state index is -3.80. The van der Waals surface area contributed by atoms with E-state index in [0.717, 1.165) is 39.4 Å². The SMILES string of the molecule is O=S(=O)(Nc1cnc2ccccc2n1)c1ccc(NC(=S)NCC[NH+]2CCOCC2)cc1. The van der Waals surface area contributed by atoms with Gasteiger partial charge < -0.3 is 20.3 Å². The molecule has 0 amide bonds. The summed E-state index contributed by atoms with van der Waals surface area (Å²) in [4.78, 5) is 10.1. The van der Waals surface area contributed by atoms with Crippen LogP contribution in [0.5, 0.6) is 0 Å². The van der Waals surface area contributed by atoms with Gasteiger partial charge in [-0.2, -0.15) is 0 Å². The first-order valence-corrected chi connectivity index (χ1v) is 12.2. The topological polar surface area (TPSA) is 110 Å². The van der Waals surface area contributed by atoms with Gasteiger partial charge in [0.2, 0.25) is 0 Å². The Hall–Kier alpha value is -2.86. The summed E-state index contributed by atoms with van der Waals surface area (Å²) in [5.41, 5.74) is 2.01. The Morgan fingerprint density at radius 1 is 1.06 bits per heavy atom. The molecule has 32 heavy (non-hydrogen) atoms. The normalized spacial score (nSPS) is 14.8. The van der Waals surface area contributed by atoms with Gasteiger partial charge in [-0.15, -0.1) is 0 Å². The van der Waals surface area contributed by atoms with E-state index >= 15 is 0 Å². The molecule has 4 N–H and O–H groups in total. The molecule has 4 rings (SSSR count). The lowest BCUT2D eigenvalue weighted by atomic mass is 10.3. The van der Waals surface area contributed by atoms with Crippen molar-refractivity contribution in [3.05, 3.63) is 54.7 Å². The number of benzene rings is 2. The van der Waals surface area contributed by atoms with Crippen LogP contribution in [0.15, 0.2) is 59.6 Å². The average molecular weight is 474 g/mol. The third-order valence-electron chi connectivity index (χ3n) is 5.07. The zero-order valence-corrected chi connectivity index (χ0v) is 19.0. The van der Waals surface area contributed by atoms with Crippen molar-refractivity contribution in [2.24, 2.45) is 0 Å². The Labute approximate surface area is 192 Å². The Morgan fingerprint density at radius 2 is 1.78 bits per heavy atom. The first-order chi connectivity index (χ1) is 15.5. The van der Waals surface area contributed by atoms with E-state index in [9.17, 15) is 8.42 Å². The van der Waals surface area contributed by atoms with Crippen LogP contribution in [0.2, 0.25) is 0 Å². The van der Waals surface area contributed by atoms with E-state index < -0.39 is 10.0 Å². The highest BCUT2D eigenvalue weighted by atomic mass is 32.2. The molecular weight excluding hydrogens is 448 g/mol. The third kappa shape index (κ3) is 5.88. The monoisotopic (exact) mass is 473 g/mol. The fraction of sp³-hybridized carbons (Fsp3) is 0.286. The molecule has 2 heterocycles. The summed E-state index contributed by atoms with van der Waals surface area (Å²) in [5.74, 6) is 0.165. The van der Waals surface area contributed by atoms with Gasteiger partial charge in [-0.1, -0.05) is 12.1 Å². The van der Waals surface area contributed by atoms with Crippen LogP contribution in [0, 0.1) is 0 Å². The number of anilines is 2. The maximum absolute atomic E-state index is 12.7. The van der Waals surface area contributed by atoms with Crippen molar-refractivity contribution < 1.29 is 18.1 Å². The summed E-state index contributed by atoms with van der Waals surface area (Å²) >= 11 is 5.33. The van der Waals surface area contributed by atoms with Crippen LogP contribution in [-0.2, 0) is 14.8 Å². The first-order valence-electron chi connectivity index (χ1n) is 10.3. The number of sulfonamides is 1. The van der Waals surface area contributed by atoms with E-state index in [0.29, 0.717) is 21.8 Å². The Balaban J connectivity index is 1.31. The maximum atomic E-state index is 12.7. The zero-order chi connectivity index (χ0) is 22.4. The van der Waals surface area contributed by atoms with E-state index in [1.807, 2.05) is 18.2 Å². The zero-order valence-electron chi connectivity index (χ0n) is 17.4. The van der Waals surface area contributed by atoms with Crippen molar-refractivity contribution in [2.45, 2.75) is 4.90 Å². The Morgan fingerprint density at radius 3 is 2.53 bits per heavy atom. The summed E-state index contributed by atoms with van der Waals surface area (Å²) in [6, 6.07) is 13.6. The lowest BCUT2D eigenvalue weighted by Gasteiger charge is -2.24. The number of nitrogens with one attached hydrogen (secondary N) is 4. The highest BCUT2D eigenvalue weighted by molar-refractivity contribution is 7.92. The molecule has 11 heteroatoms. The Bertz CT molecular complexity index is 1180. The molecule has 0 atom stereocenters. The predicted octanol–water partition coefficient (Wildman–Crippen LogP) is 0.632. The molecule has 1 fully saturated rings. The third-order valence-corrected chi connectivity index (χ3v) is 6.69. The molecule has 1 aliphatic heterocycles. The summed E-state index contributed by atoms with van der Waals surface area (Å²) in [6.07, 6.45) is 1.40. The number of para-hydroxylation sites is 2. The molecule has 2 aromatic carbocycles. The number of rotatable bonds is 7. The van der Waals surface area contributed by atoms with Gasteiger partial charge in [0.25, 0.3) is 10.0 Å². The number of aromatic nitrogens is 2. The second-order valence-corrected chi connectivity index (χ2v) is 9.46. The van der Waals surface area contributed by atoms with Gasteiger partial charge >= 0.3 is 0 Å². The second kappa shape index (κ2) is 10.2. The van der Waals surface area contributed by atoms with E-state index in [-0.39, 0.29) is 10.7 Å². The summed E-state index contributed by atoms with van der Waals surface area (Å²) in [5, 5.41) is 6.76. The minimum absolute atomic E-state index is 0.118. The molecule has 0 unspecified atom stereocenters. The first kappa shape index (κ1) is 22.3. The molecule has 1 aromatic heterocycles. The van der Waals surface area contributed by atoms with Crippen LogP contribution < -0.4 is 20.3 Å². The summed E-state index contributed by atoms with van der Waals surface area (Å²) in [6.45, 7) is 5.34. The molecule has 3 aromatic rings. The van der Waals surface area contributed by atoms with Crippen LogP contribution in [0.25, 0.3) is 11.0 Å². The van der Waals surface area contributed by atoms with Crippen LogP contribution in [-0.4, -0.2) is 62.9 Å². The smallest absolute Gasteiger partial charge is 0.263 e. The number of ether oxygens (including phenoxy) is 1. The highest BCUT2D eigenvalue weighted by Gasteiger charge is 2.16. The number of nitrogens with zero attached hydrogens (tertiary/aromatic N) is 2. The number of hydrogen-bond donors (Lipinski definition) is 4. The van der Waals surface area contributed by atoms with Crippen LogP contribution >= 0.6 is 12.2 Å². The van der Waals surface area contributed by atoms with Gasteiger partial charge in [0, 0.05) is 5.69 Å². The van der Waals surface area contributed by atoms with E-state index in [2.05, 4.69) is 25.3 Å². The highest BCUT2D eigenvalue weighted by Crippen LogP contribution is 2.18. The number of hydrogen-bond acceptors (Lipinski definition) is 6. The minimum Gasteiger partial charge on any atom is -0.370 e. The lowest BCUT2D eigenvalue weighted by Crippen LogP contribution is -3.14. The van der Waals surface area contributed by atoms with Gasteiger partial charge in [0.1, 0.15) is 13.1 Å². The second-order valence-electron chi connectivity index (χ2n) is 7.37. The van der Waals surface area contributed by atoms with Crippen molar-refractivity contribution in [2.75, 3.05) is 49.4 Å². The molecule has 0 aliphatic carbocycles. The van der Waals surface area contributed by atoms with Crippen LogP contribution in [0.3, 0.4) is 0 Å². The van der Waals surface area contributed by atoms with Gasteiger partial charge in [0.05, 0.1) is 48.4 Å². The number of morpholine rings is 1. The van der Waals surface area contributed by atoms with Crippen molar-refractivity contribution in [3.63, 3.8) is 0 Å².